The largest absolute Gasteiger partial charge is 0.463 e. The van der Waals surface area contributed by atoms with E-state index in [0.717, 1.165) is 30.0 Å². The summed E-state index contributed by atoms with van der Waals surface area (Å²) in [4.78, 5) is 30.9. The summed E-state index contributed by atoms with van der Waals surface area (Å²) < 4.78 is 10.9. The van der Waals surface area contributed by atoms with Crippen LogP contribution < -0.4 is 0 Å². The fourth-order valence-corrected chi connectivity index (χ4v) is 3.76. The highest BCUT2D eigenvalue weighted by Crippen LogP contribution is 2.26. The molecule has 0 spiro atoms. The predicted octanol–water partition coefficient (Wildman–Crippen LogP) is 4.32. The van der Waals surface area contributed by atoms with E-state index in [-0.39, 0.29) is 36.5 Å². The molecule has 1 fully saturated rings. The van der Waals surface area contributed by atoms with Crippen LogP contribution in [0.5, 0.6) is 0 Å². The van der Waals surface area contributed by atoms with Gasteiger partial charge in [-0.2, -0.15) is 0 Å². The molecule has 0 bridgehead atoms. The Labute approximate surface area is 166 Å². The fourth-order valence-electron chi connectivity index (χ4n) is 2.86. The molecule has 0 N–H and O–H groups in total. The highest BCUT2D eigenvalue weighted by molar-refractivity contribution is 7.09. The monoisotopic (exact) mass is 396 g/mol. The third-order valence-electron chi connectivity index (χ3n) is 4.21. The molecule has 7 heteroatoms. The minimum atomic E-state index is -0.537. The van der Waals surface area contributed by atoms with Gasteiger partial charge in [0.1, 0.15) is 12.2 Å². The molecule has 1 aliphatic heterocycles. The first-order chi connectivity index (χ1) is 12.5. The van der Waals surface area contributed by atoms with Crippen molar-refractivity contribution in [1.29, 1.82) is 0 Å². The average molecular weight is 397 g/mol. The number of nitrogens with zero attached hydrogens (tertiary/aromatic N) is 2. The minimum absolute atomic E-state index is 0.0250. The van der Waals surface area contributed by atoms with Crippen molar-refractivity contribution in [3.8, 4) is 0 Å². The van der Waals surface area contributed by atoms with E-state index in [0.29, 0.717) is 6.54 Å². The van der Waals surface area contributed by atoms with E-state index in [2.05, 4.69) is 25.8 Å². The number of hydrogen-bond donors (Lipinski definition) is 0. The number of piperidine rings is 1. The van der Waals surface area contributed by atoms with Gasteiger partial charge >= 0.3 is 12.1 Å². The van der Waals surface area contributed by atoms with Crippen LogP contribution in [-0.2, 0) is 26.1 Å². The van der Waals surface area contributed by atoms with E-state index in [1.54, 1.807) is 16.2 Å². The third kappa shape index (κ3) is 6.79. The van der Waals surface area contributed by atoms with E-state index < -0.39 is 5.60 Å². The van der Waals surface area contributed by atoms with Crippen LogP contribution in [0, 0.1) is 0 Å². The second kappa shape index (κ2) is 8.59. The number of likely N-dealkylation sites (tertiary alicyclic amines) is 1. The smallest absolute Gasteiger partial charge is 0.410 e. The molecule has 2 rings (SSSR count). The lowest BCUT2D eigenvalue weighted by molar-refractivity contribution is -0.145. The number of amides is 1. The summed E-state index contributed by atoms with van der Waals surface area (Å²) in [5.74, 6) is -0.310. The van der Waals surface area contributed by atoms with Gasteiger partial charge in [0, 0.05) is 17.3 Å². The van der Waals surface area contributed by atoms with Crippen LogP contribution in [0.3, 0.4) is 0 Å². The zero-order valence-electron chi connectivity index (χ0n) is 17.3. The van der Waals surface area contributed by atoms with Gasteiger partial charge in [0.2, 0.25) is 0 Å². The molecule has 1 aliphatic rings. The second-order valence-electron chi connectivity index (χ2n) is 9.08. The number of thiazole rings is 1. The van der Waals surface area contributed by atoms with E-state index >= 15 is 0 Å². The summed E-state index contributed by atoms with van der Waals surface area (Å²) in [5.41, 5.74) is 0.177. The molecule has 1 saturated heterocycles. The molecule has 152 valence electrons. The van der Waals surface area contributed by atoms with Gasteiger partial charge in [0.05, 0.1) is 23.2 Å². The van der Waals surface area contributed by atoms with E-state index in [4.69, 9.17) is 9.47 Å². The lowest BCUT2D eigenvalue weighted by Gasteiger charge is -2.36. The van der Waals surface area contributed by atoms with Crippen molar-refractivity contribution >= 4 is 23.4 Å². The van der Waals surface area contributed by atoms with Crippen molar-refractivity contribution in [2.75, 3.05) is 13.2 Å². The Morgan fingerprint density at radius 1 is 1.22 bits per heavy atom. The van der Waals surface area contributed by atoms with Crippen LogP contribution >= 0.6 is 11.3 Å². The molecule has 1 unspecified atom stereocenters. The number of esters is 1. The van der Waals surface area contributed by atoms with Crippen molar-refractivity contribution in [2.45, 2.75) is 84.3 Å². The van der Waals surface area contributed by atoms with Gasteiger partial charge < -0.3 is 14.4 Å². The molecule has 1 aromatic heterocycles. The van der Waals surface area contributed by atoms with Gasteiger partial charge in [-0.1, -0.05) is 20.8 Å². The minimum Gasteiger partial charge on any atom is -0.463 e. The van der Waals surface area contributed by atoms with Crippen molar-refractivity contribution in [1.82, 2.24) is 9.88 Å². The predicted molar refractivity (Wildman–Crippen MR) is 106 cm³/mol. The van der Waals surface area contributed by atoms with Gasteiger partial charge in [-0.05, 0) is 40.0 Å². The number of carbonyl (C=O) groups excluding carboxylic acids is 2. The molecule has 0 aliphatic carbocycles. The Morgan fingerprint density at radius 2 is 1.93 bits per heavy atom. The molecule has 1 amide bonds. The van der Waals surface area contributed by atoms with Gasteiger partial charge in [0.15, 0.2) is 0 Å². The maximum Gasteiger partial charge on any atom is 0.410 e. The first kappa shape index (κ1) is 21.7. The summed E-state index contributed by atoms with van der Waals surface area (Å²) in [7, 11) is 0. The molecule has 0 radical (unpaired) electrons. The molecule has 1 aromatic rings. The summed E-state index contributed by atoms with van der Waals surface area (Å²) in [6, 6.07) is -0.127. The Bertz CT molecular complexity index is 658. The number of rotatable bonds is 4. The number of hydrogen-bond acceptors (Lipinski definition) is 6. The van der Waals surface area contributed by atoms with Gasteiger partial charge in [-0.3, -0.25) is 4.79 Å². The van der Waals surface area contributed by atoms with Gasteiger partial charge in [-0.25, -0.2) is 9.78 Å². The van der Waals surface area contributed by atoms with Crippen molar-refractivity contribution in [3.63, 3.8) is 0 Å². The average Bonchev–Trinajstić information content (AvgIpc) is 3.00. The lowest BCUT2D eigenvalue weighted by atomic mass is 9.98. The second-order valence-corrected chi connectivity index (χ2v) is 9.94. The van der Waals surface area contributed by atoms with Crippen LogP contribution in [0.1, 0.15) is 71.5 Å². The molecule has 2 heterocycles. The highest BCUT2D eigenvalue weighted by Gasteiger charge is 2.31. The Balaban J connectivity index is 1.88. The van der Waals surface area contributed by atoms with Crippen LogP contribution in [-0.4, -0.2) is 46.7 Å². The van der Waals surface area contributed by atoms with Crippen molar-refractivity contribution < 1.29 is 19.1 Å². The summed E-state index contributed by atoms with van der Waals surface area (Å²) in [6.45, 7) is 12.7. The van der Waals surface area contributed by atoms with Gasteiger partial charge in [0.25, 0.3) is 0 Å². The molecular weight excluding hydrogens is 364 g/mol. The zero-order valence-corrected chi connectivity index (χ0v) is 18.1. The maximum absolute atomic E-state index is 12.4. The van der Waals surface area contributed by atoms with E-state index in [1.807, 2.05) is 26.2 Å². The Kier molecular flexibility index (Phi) is 6.89. The van der Waals surface area contributed by atoms with Crippen molar-refractivity contribution in [3.05, 3.63) is 16.1 Å². The molecular formula is C20H32N2O4S. The maximum atomic E-state index is 12.4. The quantitative estimate of drug-likeness (QED) is 0.709. The number of aromatic nitrogens is 1. The van der Waals surface area contributed by atoms with Crippen LogP contribution in [0.4, 0.5) is 4.79 Å². The standard InChI is InChI=1S/C20H32N2O4S/c1-19(2,3)17-21-14(13-27-17)11-16(23)25-12-15-9-7-8-10-22(15)18(24)26-20(4,5)6/h13,15H,7-12H2,1-6H3. The van der Waals surface area contributed by atoms with Crippen LogP contribution in [0.15, 0.2) is 5.38 Å². The fraction of sp³-hybridized carbons (Fsp3) is 0.750. The molecule has 6 nitrogen and oxygen atoms in total. The Hall–Kier alpha value is -1.63. The SMILES string of the molecule is CC(C)(C)OC(=O)N1CCCCC1COC(=O)Cc1csc(C(C)(C)C)n1. The first-order valence-electron chi connectivity index (χ1n) is 9.56. The lowest BCUT2D eigenvalue weighted by Crippen LogP contribution is -2.48. The van der Waals surface area contributed by atoms with E-state index in [1.165, 1.54) is 0 Å². The summed E-state index contributed by atoms with van der Waals surface area (Å²) in [6.07, 6.45) is 2.60. The molecule has 0 saturated carbocycles. The van der Waals surface area contributed by atoms with Crippen molar-refractivity contribution in [2.24, 2.45) is 0 Å². The molecule has 27 heavy (non-hydrogen) atoms. The molecule has 1 atom stereocenters. The van der Waals surface area contributed by atoms with E-state index in [9.17, 15) is 9.59 Å². The summed E-state index contributed by atoms with van der Waals surface area (Å²) >= 11 is 1.57. The van der Waals surface area contributed by atoms with Crippen LogP contribution in [0.2, 0.25) is 0 Å². The normalized spacial score (nSPS) is 18.3. The number of ether oxygens (including phenoxy) is 2. The summed E-state index contributed by atoms with van der Waals surface area (Å²) in [5, 5.41) is 2.92. The highest BCUT2D eigenvalue weighted by atomic mass is 32.1. The first-order valence-corrected chi connectivity index (χ1v) is 10.4. The zero-order chi connectivity index (χ0) is 20.2. The third-order valence-corrected chi connectivity index (χ3v) is 5.53. The number of carbonyl (C=O) groups is 2. The van der Waals surface area contributed by atoms with Crippen LogP contribution in [0.25, 0.3) is 0 Å². The topological polar surface area (TPSA) is 68.7 Å². The molecule has 0 aromatic carbocycles. The van der Waals surface area contributed by atoms with Gasteiger partial charge in [-0.15, -0.1) is 11.3 Å². The Morgan fingerprint density at radius 3 is 2.52 bits per heavy atom.